The van der Waals surface area contributed by atoms with E-state index in [-0.39, 0.29) is 48.6 Å². The molecule has 1 N–H and O–H groups in total. The predicted octanol–water partition coefficient (Wildman–Crippen LogP) is 4.32. The number of hydrogen-bond acceptors (Lipinski definition) is 4. The van der Waals surface area contributed by atoms with Gasteiger partial charge in [0.1, 0.15) is 5.82 Å². The summed E-state index contributed by atoms with van der Waals surface area (Å²) in [6, 6.07) is 12.4. The second kappa shape index (κ2) is 8.49. The van der Waals surface area contributed by atoms with Crippen LogP contribution >= 0.6 is 0 Å². The second-order valence-electron chi connectivity index (χ2n) is 7.49. The van der Waals surface area contributed by atoms with Gasteiger partial charge in [-0.05, 0) is 42.7 Å². The summed E-state index contributed by atoms with van der Waals surface area (Å²) in [5.74, 6) is -1.10. The summed E-state index contributed by atoms with van der Waals surface area (Å²) in [7, 11) is 0. The van der Waals surface area contributed by atoms with Gasteiger partial charge in [0, 0.05) is 25.6 Å². The van der Waals surface area contributed by atoms with Crippen molar-refractivity contribution < 1.29 is 22.4 Å². The maximum Gasteiger partial charge on any atom is 0.437 e. The molecule has 2 aromatic carbocycles. The Morgan fingerprint density at radius 2 is 1.71 bits per heavy atom. The van der Waals surface area contributed by atoms with Crippen LogP contribution in [0.15, 0.2) is 48.5 Å². The van der Waals surface area contributed by atoms with Gasteiger partial charge in [-0.15, -0.1) is 0 Å². The Labute approximate surface area is 176 Å². The monoisotopic (exact) mass is 432 g/mol. The molecule has 0 saturated carbocycles. The van der Waals surface area contributed by atoms with Crippen molar-refractivity contribution in [2.45, 2.75) is 25.6 Å². The molecular weight excluding hydrogens is 412 g/mol. The fourth-order valence-corrected chi connectivity index (χ4v) is 3.74. The molecule has 0 atom stereocenters. The van der Waals surface area contributed by atoms with Crippen LogP contribution in [0.1, 0.15) is 24.1 Å². The van der Waals surface area contributed by atoms with Crippen molar-refractivity contribution in [2.24, 2.45) is 5.92 Å². The average Bonchev–Trinajstić information content (AvgIpc) is 2.76. The van der Waals surface area contributed by atoms with Gasteiger partial charge < -0.3 is 10.2 Å². The number of aromatic nitrogens is 2. The quantitative estimate of drug-likeness (QED) is 0.624. The van der Waals surface area contributed by atoms with Crippen molar-refractivity contribution in [2.75, 3.05) is 18.0 Å². The first-order valence-electron chi connectivity index (χ1n) is 9.92. The highest BCUT2D eigenvalue weighted by Crippen LogP contribution is 2.36. The Bertz CT molecular complexity index is 1090. The third kappa shape index (κ3) is 4.76. The Morgan fingerprint density at radius 1 is 1.03 bits per heavy atom. The predicted molar refractivity (Wildman–Crippen MR) is 108 cm³/mol. The van der Waals surface area contributed by atoms with E-state index in [9.17, 15) is 22.4 Å². The van der Waals surface area contributed by atoms with Gasteiger partial charge in [-0.3, -0.25) is 4.79 Å². The van der Waals surface area contributed by atoms with Gasteiger partial charge in [-0.25, -0.2) is 14.4 Å². The lowest BCUT2D eigenvalue weighted by Gasteiger charge is -2.33. The van der Waals surface area contributed by atoms with Crippen molar-refractivity contribution in [3.63, 3.8) is 0 Å². The van der Waals surface area contributed by atoms with Crippen LogP contribution in [0.4, 0.5) is 23.4 Å². The largest absolute Gasteiger partial charge is 0.437 e. The normalized spacial score (nSPS) is 15.3. The van der Waals surface area contributed by atoms with Crippen LogP contribution in [0.25, 0.3) is 11.0 Å². The van der Waals surface area contributed by atoms with Crippen molar-refractivity contribution in [3.05, 3.63) is 65.6 Å². The first-order chi connectivity index (χ1) is 14.8. The fraction of sp³-hybridized carbons (Fsp3) is 0.318. The minimum Gasteiger partial charge on any atom is -0.355 e. The molecule has 0 spiro atoms. The van der Waals surface area contributed by atoms with Crippen LogP contribution in [0.5, 0.6) is 0 Å². The van der Waals surface area contributed by atoms with Gasteiger partial charge >= 0.3 is 6.18 Å². The van der Waals surface area contributed by atoms with E-state index >= 15 is 0 Å². The number of carbonyl (C=O) groups is 1. The number of carbonyl (C=O) groups excluding carboxylic acids is 1. The van der Waals surface area contributed by atoms with Crippen LogP contribution in [0.3, 0.4) is 0 Å². The summed E-state index contributed by atoms with van der Waals surface area (Å²) >= 11 is 0. The van der Waals surface area contributed by atoms with Gasteiger partial charge in [0.05, 0.1) is 11.0 Å². The van der Waals surface area contributed by atoms with Crippen LogP contribution in [0, 0.1) is 11.7 Å². The third-order valence-electron chi connectivity index (χ3n) is 5.34. The van der Waals surface area contributed by atoms with E-state index in [0.717, 1.165) is 0 Å². The molecule has 162 valence electrons. The summed E-state index contributed by atoms with van der Waals surface area (Å²) in [6.45, 7) is 0.716. The molecule has 0 radical (unpaired) electrons. The Hall–Kier alpha value is -3.23. The van der Waals surface area contributed by atoms with Crippen molar-refractivity contribution in [1.29, 1.82) is 0 Å². The molecule has 3 aromatic rings. The van der Waals surface area contributed by atoms with Crippen LogP contribution < -0.4 is 10.2 Å². The molecule has 1 aliphatic heterocycles. The van der Waals surface area contributed by atoms with Gasteiger partial charge in [-0.1, -0.05) is 24.3 Å². The Balaban J connectivity index is 1.44. The molecule has 2 heterocycles. The summed E-state index contributed by atoms with van der Waals surface area (Å²) in [6.07, 6.45) is -3.85. The molecule has 0 unspecified atom stereocenters. The molecule has 1 saturated heterocycles. The van der Waals surface area contributed by atoms with Crippen LogP contribution in [-0.2, 0) is 17.5 Å². The van der Waals surface area contributed by atoms with E-state index in [2.05, 4.69) is 15.3 Å². The number of fused-ring (bicyclic) bond motifs is 1. The fourth-order valence-electron chi connectivity index (χ4n) is 3.74. The Kier molecular flexibility index (Phi) is 5.75. The van der Waals surface area contributed by atoms with Gasteiger partial charge in [0.15, 0.2) is 11.5 Å². The van der Waals surface area contributed by atoms with Gasteiger partial charge in [0.2, 0.25) is 5.91 Å². The first-order valence-corrected chi connectivity index (χ1v) is 9.92. The number of rotatable bonds is 4. The summed E-state index contributed by atoms with van der Waals surface area (Å²) in [5, 5.41) is 2.78. The minimum absolute atomic E-state index is 0.185. The molecule has 0 bridgehead atoms. The number of para-hydroxylation sites is 2. The molecule has 1 aromatic heterocycles. The summed E-state index contributed by atoms with van der Waals surface area (Å²) in [5.41, 5.74) is 0.206. The Morgan fingerprint density at radius 3 is 2.35 bits per heavy atom. The maximum atomic E-state index is 13.6. The van der Waals surface area contributed by atoms with Crippen molar-refractivity contribution >= 4 is 22.8 Å². The first kappa shape index (κ1) is 21.0. The molecule has 31 heavy (non-hydrogen) atoms. The van der Waals surface area contributed by atoms with Crippen molar-refractivity contribution in [3.8, 4) is 0 Å². The SMILES string of the molecule is O=C(NCc1cccc(F)c1)C1CCN(c2nc3ccccc3nc2C(F)(F)F)CC1. The number of piperidine rings is 1. The van der Waals surface area contributed by atoms with E-state index in [4.69, 9.17) is 0 Å². The number of nitrogens with one attached hydrogen (secondary N) is 1. The number of alkyl halides is 3. The summed E-state index contributed by atoms with van der Waals surface area (Å²) < 4.78 is 54.1. The molecule has 1 amide bonds. The van der Waals surface area contributed by atoms with E-state index in [0.29, 0.717) is 23.9 Å². The lowest BCUT2D eigenvalue weighted by molar-refractivity contribution is -0.140. The number of benzene rings is 2. The molecule has 0 aliphatic carbocycles. The van der Waals surface area contributed by atoms with E-state index in [1.54, 1.807) is 35.2 Å². The highest BCUT2D eigenvalue weighted by atomic mass is 19.4. The third-order valence-corrected chi connectivity index (χ3v) is 5.34. The highest BCUT2D eigenvalue weighted by Gasteiger charge is 2.39. The molecule has 1 aliphatic rings. The second-order valence-corrected chi connectivity index (χ2v) is 7.49. The van der Waals surface area contributed by atoms with Gasteiger partial charge in [-0.2, -0.15) is 13.2 Å². The molecule has 4 rings (SSSR count). The number of hydrogen-bond donors (Lipinski definition) is 1. The molecule has 5 nitrogen and oxygen atoms in total. The zero-order valence-electron chi connectivity index (χ0n) is 16.5. The molecule has 9 heteroatoms. The topological polar surface area (TPSA) is 58.1 Å². The average molecular weight is 432 g/mol. The van der Waals surface area contributed by atoms with E-state index in [1.807, 2.05) is 0 Å². The van der Waals surface area contributed by atoms with Crippen LogP contribution in [-0.4, -0.2) is 29.0 Å². The maximum absolute atomic E-state index is 13.6. The van der Waals surface area contributed by atoms with E-state index in [1.165, 1.54) is 18.2 Å². The van der Waals surface area contributed by atoms with Crippen molar-refractivity contribution in [1.82, 2.24) is 15.3 Å². The smallest absolute Gasteiger partial charge is 0.355 e. The number of halogens is 4. The zero-order chi connectivity index (χ0) is 22.0. The number of anilines is 1. The lowest BCUT2D eigenvalue weighted by atomic mass is 9.95. The minimum atomic E-state index is -4.63. The molecular formula is C22H20F4N4O. The highest BCUT2D eigenvalue weighted by molar-refractivity contribution is 5.79. The summed E-state index contributed by atoms with van der Waals surface area (Å²) in [4.78, 5) is 22.0. The number of amides is 1. The lowest BCUT2D eigenvalue weighted by Crippen LogP contribution is -2.41. The standard InChI is InChI=1S/C22H20F4N4O/c23-16-5-3-4-14(12-16)13-27-21(31)15-8-10-30(11-9-15)20-19(22(24,25)26)28-17-6-1-2-7-18(17)29-20/h1-7,12,15H,8-11,13H2,(H,27,31). The number of nitrogens with zero attached hydrogens (tertiary/aromatic N) is 3. The van der Waals surface area contributed by atoms with Gasteiger partial charge in [0.25, 0.3) is 0 Å². The van der Waals surface area contributed by atoms with E-state index < -0.39 is 11.9 Å². The zero-order valence-corrected chi connectivity index (χ0v) is 16.5. The molecule has 1 fully saturated rings. The van der Waals surface area contributed by atoms with Crippen LogP contribution in [0.2, 0.25) is 0 Å².